The smallest absolute Gasteiger partial charge is 0.255 e. The van der Waals surface area contributed by atoms with Crippen LogP contribution in [0, 0.1) is 5.92 Å². The van der Waals surface area contributed by atoms with Gasteiger partial charge in [-0.05, 0) is 47.0 Å². The molecule has 0 unspecified atom stereocenters. The average molecular weight is 396 g/mol. The second-order valence-electron chi connectivity index (χ2n) is 5.68. The fraction of sp³-hybridized carbons (Fsp3) is 0.571. The predicted molar refractivity (Wildman–Crippen MR) is 80.7 cm³/mol. The summed E-state index contributed by atoms with van der Waals surface area (Å²) in [6, 6.07) is 4.43. The van der Waals surface area contributed by atoms with Gasteiger partial charge in [-0.2, -0.15) is 4.31 Å². The maximum absolute atomic E-state index is 12.8. The van der Waals surface area contributed by atoms with Crippen LogP contribution in [-0.2, 0) is 10.0 Å². The van der Waals surface area contributed by atoms with Crippen LogP contribution in [-0.4, -0.2) is 38.3 Å². The molecule has 3 rings (SSSR count). The molecule has 0 bridgehead atoms. The van der Waals surface area contributed by atoms with Crippen molar-refractivity contribution in [2.75, 3.05) is 19.7 Å². The highest BCUT2D eigenvalue weighted by Crippen LogP contribution is 2.48. The van der Waals surface area contributed by atoms with E-state index < -0.39 is 21.9 Å². The van der Waals surface area contributed by atoms with Gasteiger partial charge in [0, 0.05) is 19.5 Å². The Morgan fingerprint density at radius 3 is 2.50 bits per heavy atom. The van der Waals surface area contributed by atoms with Crippen molar-refractivity contribution in [1.29, 1.82) is 0 Å². The van der Waals surface area contributed by atoms with Gasteiger partial charge in [0.15, 0.2) is 0 Å². The molecule has 122 valence electrons. The second-order valence-corrected chi connectivity index (χ2v) is 8.47. The van der Waals surface area contributed by atoms with Crippen molar-refractivity contribution in [3.63, 3.8) is 0 Å². The zero-order chi connectivity index (χ0) is 16.0. The van der Waals surface area contributed by atoms with E-state index >= 15 is 0 Å². The molecule has 1 atom stereocenters. The summed E-state index contributed by atoms with van der Waals surface area (Å²) in [7, 11) is -3.49. The Morgan fingerprint density at radius 2 is 1.95 bits per heavy atom. The third-order valence-corrected chi connectivity index (χ3v) is 6.52. The van der Waals surface area contributed by atoms with Crippen LogP contribution < -0.4 is 4.74 Å². The van der Waals surface area contributed by atoms with Gasteiger partial charge in [0.1, 0.15) is 5.75 Å². The van der Waals surface area contributed by atoms with E-state index in [1.807, 2.05) is 0 Å². The summed E-state index contributed by atoms with van der Waals surface area (Å²) < 4.78 is 57.7. The van der Waals surface area contributed by atoms with Crippen molar-refractivity contribution in [2.45, 2.75) is 30.1 Å². The molecule has 0 spiro atoms. The van der Waals surface area contributed by atoms with Crippen molar-refractivity contribution in [2.24, 2.45) is 5.92 Å². The van der Waals surface area contributed by atoms with Gasteiger partial charge < -0.3 is 4.74 Å². The molecule has 0 aromatic heterocycles. The second kappa shape index (κ2) is 5.72. The number of ether oxygens (including phenoxy) is 1. The highest BCUT2D eigenvalue weighted by atomic mass is 79.9. The average Bonchev–Trinajstić information content (AvgIpc) is 2.89. The quantitative estimate of drug-likeness (QED) is 0.768. The van der Waals surface area contributed by atoms with Gasteiger partial charge in [-0.15, -0.1) is 0 Å². The minimum absolute atomic E-state index is 0.0657. The van der Waals surface area contributed by atoms with Crippen molar-refractivity contribution >= 4 is 26.0 Å². The molecular weight excluding hydrogens is 380 g/mol. The third kappa shape index (κ3) is 3.14. The molecule has 1 saturated heterocycles. The molecule has 4 nitrogen and oxygen atoms in total. The predicted octanol–water partition coefficient (Wildman–Crippen LogP) is 3.27. The van der Waals surface area contributed by atoms with E-state index in [9.17, 15) is 17.2 Å². The Bertz CT molecular complexity index is 675. The molecule has 8 heteroatoms. The standard InChI is InChI=1S/C14H16BrF2NO3S/c15-12-7-11(22(19,20)18-5-1-2-6-18)3-4-13(12)21-9-10-8-14(10,16)17/h3-4,7,10H,1-2,5-6,8-9H2/t10-/m0/s1. The maximum Gasteiger partial charge on any atom is 0.255 e. The van der Waals surface area contributed by atoms with Crippen LogP contribution >= 0.6 is 15.9 Å². The third-order valence-electron chi connectivity index (χ3n) is 4.00. The molecule has 0 radical (unpaired) electrons. The fourth-order valence-corrected chi connectivity index (χ4v) is 4.67. The molecule has 22 heavy (non-hydrogen) atoms. The van der Waals surface area contributed by atoms with Crippen LogP contribution in [0.3, 0.4) is 0 Å². The normalized spacial score (nSPS) is 24.4. The van der Waals surface area contributed by atoms with Crippen LogP contribution in [0.15, 0.2) is 27.6 Å². The van der Waals surface area contributed by atoms with Gasteiger partial charge in [0.2, 0.25) is 10.0 Å². The van der Waals surface area contributed by atoms with E-state index in [1.165, 1.54) is 22.5 Å². The van der Waals surface area contributed by atoms with Crippen LogP contribution in [0.1, 0.15) is 19.3 Å². The van der Waals surface area contributed by atoms with E-state index in [4.69, 9.17) is 4.74 Å². The molecule has 1 saturated carbocycles. The SMILES string of the molecule is O=S(=O)(c1ccc(OC[C@@H]2CC2(F)F)c(Br)c1)N1CCCC1. The van der Waals surface area contributed by atoms with Crippen LogP contribution in [0.4, 0.5) is 8.78 Å². The molecule has 1 aliphatic heterocycles. The molecule has 0 amide bonds. The van der Waals surface area contributed by atoms with E-state index in [0.29, 0.717) is 23.3 Å². The molecule has 1 aliphatic carbocycles. The minimum atomic E-state index is -3.49. The first-order valence-corrected chi connectivity index (χ1v) is 9.34. The van der Waals surface area contributed by atoms with Crippen molar-refractivity contribution in [1.82, 2.24) is 4.31 Å². The first kappa shape index (κ1) is 16.1. The van der Waals surface area contributed by atoms with E-state index in [1.54, 1.807) is 0 Å². The fourth-order valence-electron chi connectivity index (χ4n) is 2.48. The Morgan fingerprint density at radius 1 is 1.32 bits per heavy atom. The number of benzene rings is 1. The monoisotopic (exact) mass is 395 g/mol. The lowest BCUT2D eigenvalue weighted by molar-refractivity contribution is 0.0855. The van der Waals surface area contributed by atoms with Crippen LogP contribution in [0.2, 0.25) is 0 Å². The largest absolute Gasteiger partial charge is 0.492 e. The van der Waals surface area contributed by atoms with Crippen LogP contribution in [0.25, 0.3) is 0 Å². The molecule has 1 aromatic rings. The summed E-state index contributed by atoms with van der Waals surface area (Å²) in [5.41, 5.74) is 0. The molecule has 2 fully saturated rings. The van der Waals surface area contributed by atoms with Crippen LogP contribution in [0.5, 0.6) is 5.75 Å². The number of alkyl halides is 2. The number of halogens is 3. The Hall–Kier alpha value is -0.730. The Labute approximate surface area is 136 Å². The molecular formula is C14H16BrF2NO3S. The van der Waals surface area contributed by atoms with Gasteiger partial charge in [0.25, 0.3) is 5.92 Å². The number of hydrogen-bond donors (Lipinski definition) is 0. The molecule has 2 aliphatic rings. The number of hydrogen-bond acceptors (Lipinski definition) is 3. The maximum atomic E-state index is 12.8. The topological polar surface area (TPSA) is 46.6 Å². The number of sulfonamides is 1. The first-order chi connectivity index (χ1) is 10.3. The zero-order valence-corrected chi connectivity index (χ0v) is 14.2. The highest BCUT2D eigenvalue weighted by Gasteiger charge is 2.57. The summed E-state index contributed by atoms with van der Waals surface area (Å²) in [5, 5.41) is 0. The van der Waals surface area contributed by atoms with Gasteiger partial charge in [-0.25, -0.2) is 17.2 Å². The van der Waals surface area contributed by atoms with Gasteiger partial charge in [-0.1, -0.05) is 0 Å². The number of nitrogens with zero attached hydrogens (tertiary/aromatic N) is 1. The summed E-state index contributed by atoms with van der Waals surface area (Å²) >= 11 is 3.25. The minimum Gasteiger partial charge on any atom is -0.492 e. The Balaban J connectivity index is 1.71. The van der Waals surface area contributed by atoms with Crippen molar-refractivity contribution < 1.29 is 21.9 Å². The highest BCUT2D eigenvalue weighted by molar-refractivity contribution is 9.10. The Kier molecular flexibility index (Phi) is 4.20. The van der Waals surface area contributed by atoms with E-state index in [-0.39, 0.29) is 17.9 Å². The number of rotatable bonds is 5. The summed E-state index contributed by atoms with van der Waals surface area (Å²) in [5.74, 6) is -2.98. The lowest BCUT2D eigenvalue weighted by Gasteiger charge is -2.16. The zero-order valence-electron chi connectivity index (χ0n) is 11.8. The molecule has 1 heterocycles. The lowest BCUT2D eigenvalue weighted by Crippen LogP contribution is -2.27. The van der Waals surface area contributed by atoms with Gasteiger partial charge in [0.05, 0.1) is 21.9 Å². The summed E-state index contributed by atoms with van der Waals surface area (Å²) in [6.07, 6.45) is 1.60. The summed E-state index contributed by atoms with van der Waals surface area (Å²) in [4.78, 5) is 0.186. The molecule has 0 N–H and O–H groups in total. The molecule has 1 aromatic carbocycles. The van der Waals surface area contributed by atoms with Crippen molar-refractivity contribution in [3.8, 4) is 5.75 Å². The van der Waals surface area contributed by atoms with E-state index in [0.717, 1.165) is 12.8 Å². The summed E-state index contributed by atoms with van der Waals surface area (Å²) in [6.45, 7) is 1.01. The van der Waals surface area contributed by atoms with Gasteiger partial charge in [-0.3, -0.25) is 0 Å². The lowest BCUT2D eigenvalue weighted by atomic mass is 10.3. The first-order valence-electron chi connectivity index (χ1n) is 7.11. The van der Waals surface area contributed by atoms with Gasteiger partial charge >= 0.3 is 0 Å². The van der Waals surface area contributed by atoms with E-state index in [2.05, 4.69) is 15.9 Å². The van der Waals surface area contributed by atoms with Crippen molar-refractivity contribution in [3.05, 3.63) is 22.7 Å².